The molecule has 4 heterocycles. The Labute approximate surface area is 195 Å². The van der Waals surface area contributed by atoms with Gasteiger partial charge in [-0.1, -0.05) is 0 Å². The maximum atomic E-state index is 14.3. The quantitative estimate of drug-likeness (QED) is 0.486. The van der Waals surface area contributed by atoms with E-state index in [1.54, 1.807) is 19.3 Å². The van der Waals surface area contributed by atoms with E-state index in [1.807, 2.05) is 30.8 Å². The second-order valence-electron chi connectivity index (χ2n) is 8.24. The van der Waals surface area contributed by atoms with Crippen LogP contribution in [-0.2, 0) is 24.8 Å². The predicted molar refractivity (Wildman–Crippen MR) is 124 cm³/mol. The minimum Gasteiger partial charge on any atom is -0.482 e. The van der Waals surface area contributed by atoms with Crippen molar-refractivity contribution in [1.29, 1.82) is 0 Å². The summed E-state index contributed by atoms with van der Waals surface area (Å²) in [7, 11) is 1.76. The van der Waals surface area contributed by atoms with Gasteiger partial charge in [0.2, 0.25) is 5.91 Å². The van der Waals surface area contributed by atoms with Crippen LogP contribution in [0.5, 0.6) is 5.75 Å². The molecule has 0 radical (unpaired) electrons. The molecule has 0 fully saturated rings. The van der Waals surface area contributed by atoms with Crippen molar-refractivity contribution in [2.75, 3.05) is 5.32 Å². The number of pyridine rings is 1. The molecular formula is C24H24FN7O2. The van der Waals surface area contributed by atoms with Crippen molar-refractivity contribution in [2.45, 2.75) is 39.8 Å². The molecule has 1 aromatic carbocycles. The van der Waals surface area contributed by atoms with Crippen molar-refractivity contribution in [1.82, 2.24) is 29.8 Å². The molecule has 1 aliphatic rings. The van der Waals surface area contributed by atoms with Crippen LogP contribution >= 0.6 is 0 Å². The molecule has 1 amide bonds. The third-order valence-corrected chi connectivity index (χ3v) is 5.79. The van der Waals surface area contributed by atoms with Crippen molar-refractivity contribution in [3.63, 3.8) is 0 Å². The van der Waals surface area contributed by atoms with Crippen molar-refractivity contribution in [3.8, 4) is 28.3 Å². The monoisotopic (exact) mass is 461 g/mol. The first kappa shape index (κ1) is 21.7. The summed E-state index contributed by atoms with van der Waals surface area (Å²) >= 11 is 0. The summed E-state index contributed by atoms with van der Waals surface area (Å²) in [6, 6.07) is 6.38. The number of halogens is 1. The van der Waals surface area contributed by atoms with E-state index in [0.717, 1.165) is 28.1 Å². The van der Waals surface area contributed by atoms with Crippen LogP contribution in [0.3, 0.4) is 0 Å². The first-order valence-electron chi connectivity index (χ1n) is 11.0. The number of nitrogens with zero attached hydrogens (tertiary/aromatic N) is 6. The van der Waals surface area contributed by atoms with Crippen LogP contribution in [0.15, 0.2) is 36.7 Å². The van der Waals surface area contributed by atoms with Gasteiger partial charge >= 0.3 is 0 Å². The summed E-state index contributed by atoms with van der Waals surface area (Å²) in [4.78, 5) is 17.8. The zero-order valence-corrected chi connectivity index (χ0v) is 19.3. The Kier molecular flexibility index (Phi) is 5.35. The SMILES string of the molecule is CCn1ncc2c1-c1cnc(NC(C)=O)c(c1)OC(C)c1cc(F)ccc1-c1nn(C)nc1C2. The number of carbonyl (C=O) groups excluding carboxylic acids is 1. The molecule has 1 aliphatic heterocycles. The molecule has 0 saturated carbocycles. The summed E-state index contributed by atoms with van der Waals surface area (Å²) in [5, 5.41) is 16.5. The van der Waals surface area contributed by atoms with Crippen LogP contribution in [0.1, 0.15) is 43.7 Å². The molecule has 1 unspecified atom stereocenters. The lowest BCUT2D eigenvalue weighted by molar-refractivity contribution is -0.114. The van der Waals surface area contributed by atoms with Crippen LogP contribution in [0, 0.1) is 5.82 Å². The van der Waals surface area contributed by atoms with E-state index in [1.165, 1.54) is 23.9 Å². The first-order chi connectivity index (χ1) is 16.3. The molecular weight excluding hydrogens is 437 g/mol. The fourth-order valence-electron chi connectivity index (χ4n) is 4.35. The molecule has 34 heavy (non-hydrogen) atoms. The average molecular weight is 462 g/mol. The lowest BCUT2D eigenvalue weighted by atomic mass is 9.96. The number of aromatic nitrogens is 6. The lowest BCUT2D eigenvalue weighted by Crippen LogP contribution is -2.13. The van der Waals surface area contributed by atoms with Gasteiger partial charge in [0.05, 0.1) is 17.6 Å². The van der Waals surface area contributed by atoms with Crippen LogP contribution in [0.2, 0.25) is 0 Å². The molecule has 5 rings (SSSR count). The number of amides is 1. The first-order valence-corrected chi connectivity index (χ1v) is 11.0. The lowest BCUT2D eigenvalue weighted by Gasteiger charge is -2.21. The largest absolute Gasteiger partial charge is 0.482 e. The van der Waals surface area contributed by atoms with Gasteiger partial charge in [-0.2, -0.15) is 20.1 Å². The van der Waals surface area contributed by atoms with Crippen LogP contribution in [0.4, 0.5) is 10.2 Å². The molecule has 3 aromatic heterocycles. The number of aryl methyl sites for hydroxylation is 2. The van der Waals surface area contributed by atoms with E-state index in [9.17, 15) is 9.18 Å². The van der Waals surface area contributed by atoms with Gasteiger partial charge in [-0.25, -0.2) is 9.37 Å². The van der Waals surface area contributed by atoms with Gasteiger partial charge in [0.15, 0.2) is 11.6 Å². The van der Waals surface area contributed by atoms with E-state index >= 15 is 0 Å². The number of fused-ring (bicyclic) bond motifs is 7. The summed E-state index contributed by atoms with van der Waals surface area (Å²) in [6.07, 6.45) is 3.42. The molecule has 9 nitrogen and oxygen atoms in total. The predicted octanol–water partition coefficient (Wildman–Crippen LogP) is 3.90. The van der Waals surface area contributed by atoms with Crippen LogP contribution < -0.4 is 10.1 Å². The number of hydrogen-bond donors (Lipinski definition) is 1. The van der Waals surface area contributed by atoms with Crippen molar-refractivity contribution < 1.29 is 13.9 Å². The Balaban J connectivity index is 1.79. The topological polar surface area (TPSA) is 99.8 Å². The van der Waals surface area contributed by atoms with Gasteiger partial charge in [0, 0.05) is 55.4 Å². The van der Waals surface area contributed by atoms with Crippen LogP contribution in [0.25, 0.3) is 22.5 Å². The maximum Gasteiger partial charge on any atom is 0.222 e. The Morgan fingerprint density at radius 2 is 2.09 bits per heavy atom. The highest BCUT2D eigenvalue weighted by molar-refractivity contribution is 5.89. The van der Waals surface area contributed by atoms with E-state index in [2.05, 4.69) is 25.6 Å². The Hall–Kier alpha value is -4.08. The fraction of sp³-hybridized carbons (Fsp3) is 0.292. The molecule has 4 aromatic rings. The zero-order valence-electron chi connectivity index (χ0n) is 19.3. The highest BCUT2D eigenvalue weighted by Crippen LogP contribution is 2.38. The molecule has 0 spiro atoms. The standard InChI is InChI=1S/C24H24FN7O2/c1-5-32-23-15(12-27-32)8-20-22(30-31(4)29-20)18-7-6-17(25)10-19(18)13(2)34-21-9-16(23)11-26-24(21)28-14(3)33/h6-7,9-13H,5,8H2,1-4H3,(H,26,28,33). The number of benzene rings is 1. The summed E-state index contributed by atoms with van der Waals surface area (Å²) in [5.41, 5.74) is 5.38. The summed E-state index contributed by atoms with van der Waals surface area (Å²) in [5.74, 6) is 0.0218. The van der Waals surface area contributed by atoms with Crippen molar-refractivity contribution >= 4 is 11.7 Å². The third kappa shape index (κ3) is 3.81. The molecule has 0 saturated heterocycles. The second kappa shape index (κ2) is 8.36. The number of nitrogens with one attached hydrogen (secondary N) is 1. The number of carbonyl (C=O) groups is 1. The average Bonchev–Trinajstić information content (AvgIpc) is 3.36. The van der Waals surface area contributed by atoms with E-state index < -0.39 is 6.10 Å². The normalized spacial score (nSPS) is 14.7. The third-order valence-electron chi connectivity index (χ3n) is 5.79. The zero-order chi connectivity index (χ0) is 24.0. The molecule has 0 aliphatic carbocycles. The molecule has 174 valence electrons. The van der Waals surface area contributed by atoms with E-state index in [-0.39, 0.29) is 11.7 Å². The Bertz CT molecular complexity index is 1410. The molecule has 2 bridgehead atoms. The van der Waals surface area contributed by atoms with Crippen LogP contribution in [-0.4, -0.2) is 35.7 Å². The van der Waals surface area contributed by atoms with Gasteiger partial charge in [0.1, 0.15) is 17.6 Å². The number of rotatable bonds is 2. The van der Waals surface area contributed by atoms with Gasteiger partial charge in [-0.05, 0) is 38.1 Å². The molecule has 1 N–H and O–H groups in total. The van der Waals surface area contributed by atoms with Crippen molar-refractivity contribution in [2.24, 2.45) is 7.05 Å². The minimum atomic E-state index is -0.569. The Morgan fingerprint density at radius 1 is 1.26 bits per heavy atom. The minimum absolute atomic E-state index is 0.270. The Morgan fingerprint density at radius 3 is 2.85 bits per heavy atom. The summed E-state index contributed by atoms with van der Waals surface area (Å²) < 4.78 is 22.5. The van der Waals surface area contributed by atoms with Gasteiger partial charge in [0.25, 0.3) is 0 Å². The van der Waals surface area contributed by atoms with Gasteiger partial charge in [-0.3, -0.25) is 9.48 Å². The smallest absolute Gasteiger partial charge is 0.222 e. The van der Waals surface area contributed by atoms with Gasteiger partial charge < -0.3 is 10.1 Å². The highest BCUT2D eigenvalue weighted by atomic mass is 19.1. The number of hydrogen-bond acceptors (Lipinski definition) is 6. The second-order valence-corrected chi connectivity index (χ2v) is 8.24. The fourth-order valence-corrected chi connectivity index (χ4v) is 4.35. The number of anilines is 1. The molecule has 10 heteroatoms. The highest BCUT2D eigenvalue weighted by Gasteiger charge is 2.25. The van der Waals surface area contributed by atoms with Gasteiger partial charge in [-0.15, -0.1) is 0 Å². The van der Waals surface area contributed by atoms with Crippen molar-refractivity contribution in [3.05, 3.63) is 59.3 Å². The summed E-state index contributed by atoms with van der Waals surface area (Å²) in [6.45, 7) is 5.91. The molecule has 1 atom stereocenters. The maximum absolute atomic E-state index is 14.3. The van der Waals surface area contributed by atoms with E-state index in [0.29, 0.717) is 35.8 Å². The van der Waals surface area contributed by atoms with E-state index in [4.69, 9.17) is 4.74 Å². The number of ether oxygens (including phenoxy) is 1.